The molecule has 4 saturated carbocycles. The van der Waals surface area contributed by atoms with E-state index in [4.69, 9.17) is 0 Å². The highest BCUT2D eigenvalue weighted by Gasteiger charge is 2.70. The second-order valence-electron chi connectivity index (χ2n) is 17.9. The Kier molecular flexibility index (Phi) is 8.12. The Labute approximate surface area is 286 Å². The number of hydrogen-bond donors (Lipinski definition) is 4. The zero-order valence-corrected chi connectivity index (χ0v) is 30.2. The van der Waals surface area contributed by atoms with Crippen molar-refractivity contribution in [2.75, 3.05) is 6.61 Å². The summed E-state index contributed by atoms with van der Waals surface area (Å²) in [4.78, 5) is 14.6. The van der Waals surface area contributed by atoms with Crippen molar-refractivity contribution in [3.8, 4) is 5.69 Å². The molecule has 4 N–H and O–H groups in total. The van der Waals surface area contributed by atoms with E-state index in [1.165, 1.54) is 11.1 Å². The Hall–Kier alpha value is -2.55. The molecular formula is C40H58N4O4. The van der Waals surface area contributed by atoms with Gasteiger partial charge in [0, 0.05) is 5.41 Å². The smallest absolute Gasteiger partial charge is 0.227 e. The number of carbonyl (C=O) groups excluding carboxylic acids is 1. The Bertz CT molecular complexity index is 1590. The number of nitrogens with one attached hydrogen (secondary N) is 1. The van der Waals surface area contributed by atoms with Gasteiger partial charge in [-0.15, -0.1) is 5.10 Å². The number of hydrogen-bond acceptors (Lipinski definition) is 6. The summed E-state index contributed by atoms with van der Waals surface area (Å²) in [5, 5.41) is 45.0. The van der Waals surface area contributed by atoms with Crippen LogP contribution in [0.3, 0.4) is 0 Å². The second kappa shape index (κ2) is 11.5. The van der Waals surface area contributed by atoms with Gasteiger partial charge in [-0.25, -0.2) is 4.68 Å². The van der Waals surface area contributed by atoms with Crippen molar-refractivity contribution >= 4 is 5.91 Å². The fourth-order valence-electron chi connectivity index (χ4n) is 12.6. The summed E-state index contributed by atoms with van der Waals surface area (Å²) in [5.74, 6) is 1.70. The Morgan fingerprint density at radius 2 is 1.73 bits per heavy atom. The minimum atomic E-state index is -0.916. The van der Waals surface area contributed by atoms with E-state index in [0.717, 1.165) is 56.3 Å². The number of aliphatic hydroxyl groups excluding tert-OH is 3. The van der Waals surface area contributed by atoms with E-state index in [1.54, 1.807) is 4.68 Å². The van der Waals surface area contributed by atoms with Gasteiger partial charge in [-0.1, -0.05) is 76.1 Å². The van der Waals surface area contributed by atoms with Gasteiger partial charge in [-0.05, 0) is 116 Å². The molecule has 0 bridgehead atoms. The molecule has 5 aliphatic carbocycles. The summed E-state index contributed by atoms with van der Waals surface area (Å²) < 4.78 is 1.77. The maximum Gasteiger partial charge on any atom is 0.227 e. The molecule has 1 heterocycles. The van der Waals surface area contributed by atoms with E-state index in [-0.39, 0.29) is 40.6 Å². The molecule has 0 radical (unpaired) electrons. The minimum absolute atomic E-state index is 0.0156. The predicted octanol–water partition coefficient (Wildman–Crippen LogP) is 6.15. The van der Waals surface area contributed by atoms with Crippen LogP contribution in [0, 0.1) is 63.6 Å². The minimum Gasteiger partial charge on any atom is -0.396 e. The van der Waals surface area contributed by atoms with E-state index < -0.39 is 23.0 Å². The van der Waals surface area contributed by atoms with Gasteiger partial charge in [0.1, 0.15) is 5.69 Å². The number of aliphatic hydroxyl groups is 3. The Morgan fingerprint density at radius 3 is 2.44 bits per heavy atom. The van der Waals surface area contributed by atoms with Gasteiger partial charge in [0.15, 0.2) is 0 Å². The molecular weight excluding hydrogens is 600 g/mol. The van der Waals surface area contributed by atoms with Crippen molar-refractivity contribution in [3.05, 3.63) is 53.4 Å². The highest BCUT2D eigenvalue weighted by molar-refractivity contribution is 5.84. The number of carbonyl (C=O) groups is 1. The fraction of sp³-hybridized carbons (Fsp3) is 0.725. The van der Waals surface area contributed by atoms with Crippen LogP contribution in [0.4, 0.5) is 0 Å². The van der Waals surface area contributed by atoms with E-state index in [2.05, 4.69) is 75.4 Å². The van der Waals surface area contributed by atoms with Gasteiger partial charge < -0.3 is 20.6 Å². The van der Waals surface area contributed by atoms with Crippen LogP contribution in [0.2, 0.25) is 0 Å². The third kappa shape index (κ3) is 4.60. The van der Waals surface area contributed by atoms with Crippen LogP contribution in [0.5, 0.6) is 0 Å². The van der Waals surface area contributed by atoms with Crippen LogP contribution in [-0.4, -0.2) is 55.0 Å². The van der Waals surface area contributed by atoms with Crippen molar-refractivity contribution in [3.63, 3.8) is 0 Å². The molecule has 1 aromatic carbocycles. The zero-order valence-electron chi connectivity index (χ0n) is 30.2. The lowest BCUT2D eigenvalue weighted by Crippen LogP contribution is -2.68. The molecule has 0 unspecified atom stereocenters. The van der Waals surface area contributed by atoms with Crippen molar-refractivity contribution in [2.24, 2.45) is 56.7 Å². The van der Waals surface area contributed by atoms with Crippen molar-refractivity contribution in [1.82, 2.24) is 20.3 Å². The lowest BCUT2D eigenvalue weighted by molar-refractivity contribution is -0.243. The summed E-state index contributed by atoms with van der Waals surface area (Å²) >= 11 is 0. The van der Waals surface area contributed by atoms with E-state index >= 15 is 0 Å². The number of allylic oxidation sites excluding steroid dienone is 2. The van der Waals surface area contributed by atoms with E-state index in [1.807, 2.05) is 25.3 Å². The summed E-state index contributed by atoms with van der Waals surface area (Å²) in [5.41, 5.74) is 2.92. The van der Waals surface area contributed by atoms with Crippen molar-refractivity contribution in [1.29, 1.82) is 0 Å². The monoisotopic (exact) mass is 658 g/mol. The number of aryl methyl sites for hydroxylation is 1. The van der Waals surface area contributed by atoms with Crippen LogP contribution in [-0.2, 0) is 11.3 Å². The standard InChI is InChI=1S/C40H58N4O4/c1-24-8-10-28(11-9-24)44-22-27(42-43-44)21-41-35(48)40-17-14-25(2)26(3)33(40)29-12-13-32-36(4)20-30(46)34(47)37(5,23-45)31(36)15-16-39(32,7)38(29,6)18-19-40/h8-12,22,25-26,30-34,45-47H,13-21,23H2,1-7H3,(H,41,48)/t25-,26+,30-,31-,32-,33+,34+,36+,37+,38-,39-,40+/m1/s1. The maximum atomic E-state index is 14.6. The molecule has 0 spiro atoms. The number of rotatable bonds is 5. The number of nitrogens with zero attached hydrogens (tertiary/aromatic N) is 3. The molecule has 12 atom stereocenters. The summed E-state index contributed by atoms with van der Waals surface area (Å²) in [6, 6.07) is 8.17. The topological polar surface area (TPSA) is 121 Å². The van der Waals surface area contributed by atoms with Gasteiger partial charge in [-0.2, -0.15) is 0 Å². The van der Waals surface area contributed by atoms with E-state index in [0.29, 0.717) is 30.7 Å². The number of fused-ring (bicyclic) bond motifs is 7. The average molecular weight is 659 g/mol. The molecule has 1 amide bonds. The second-order valence-corrected chi connectivity index (χ2v) is 17.9. The molecule has 8 heteroatoms. The van der Waals surface area contributed by atoms with Gasteiger partial charge in [0.25, 0.3) is 0 Å². The molecule has 48 heavy (non-hydrogen) atoms. The Balaban J connectivity index is 1.19. The quantitative estimate of drug-likeness (QED) is 0.286. The summed E-state index contributed by atoms with van der Waals surface area (Å²) in [6.45, 7) is 16.4. The largest absolute Gasteiger partial charge is 0.396 e. The van der Waals surface area contributed by atoms with Gasteiger partial charge >= 0.3 is 0 Å². The van der Waals surface area contributed by atoms with Gasteiger partial charge in [0.2, 0.25) is 5.91 Å². The fourth-order valence-corrected chi connectivity index (χ4v) is 12.6. The zero-order chi connectivity index (χ0) is 34.4. The molecule has 262 valence electrons. The first kappa shape index (κ1) is 33.9. The third-order valence-corrected chi connectivity index (χ3v) is 15.8. The average Bonchev–Trinajstić information content (AvgIpc) is 3.54. The summed E-state index contributed by atoms with van der Waals surface area (Å²) in [6.07, 6.45) is 9.89. The first-order valence-electron chi connectivity index (χ1n) is 18.6. The van der Waals surface area contributed by atoms with E-state index in [9.17, 15) is 20.1 Å². The molecule has 8 nitrogen and oxygen atoms in total. The molecule has 0 saturated heterocycles. The third-order valence-electron chi connectivity index (χ3n) is 15.8. The van der Waals surface area contributed by atoms with Crippen LogP contribution in [0.25, 0.3) is 5.69 Å². The normalized spacial score (nSPS) is 45.2. The first-order chi connectivity index (χ1) is 22.6. The lowest BCUT2D eigenvalue weighted by atomic mass is 9.33. The first-order valence-corrected chi connectivity index (χ1v) is 18.6. The highest BCUT2D eigenvalue weighted by Crippen LogP contribution is 2.75. The molecule has 0 aliphatic heterocycles. The SMILES string of the molecule is Cc1ccc(-n2cc(CNC(=O)[C@]34CC[C@@H](C)[C@H](C)[C@H]3C3=CC[C@@H]5[C@@]6(C)C[C@@H](O)[C@H](O)[C@@](C)(CO)[C@@H]6CC[C@@]5(C)[C@]3(C)CC4)nn2)cc1. The number of aromatic nitrogens is 3. The van der Waals surface area contributed by atoms with Crippen molar-refractivity contribution < 1.29 is 20.1 Å². The number of benzene rings is 1. The molecule has 1 aromatic heterocycles. The predicted molar refractivity (Wildman–Crippen MR) is 186 cm³/mol. The molecule has 2 aromatic rings. The van der Waals surface area contributed by atoms with Crippen LogP contribution in [0.15, 0.2) is 42.1 Å². The highest BCUT2D eigenvalue weighted by atomic mass is 16.3. The molecule has 4 fully saturated rings. The molecule has 5 aliphatic rings. The maximum absolute atomic E-state index is 14.6. The van der Waals surface area contributed by atoms with Crippen LogP contribution in [0.1, 0.15) is 104 Å². The van der Waals surface area contributed by atoms with Crippen LogP contribution < -0.4 is 5.32 Å². The van der Waals surface area contributed by atoms with Gasteiger partial charge in [0.05, 0.1) is 42.7 Å². The summed E-state index contributed by atoms with van der Waals surface area (Å²) in [7, 11) is 0. The van der Waals surface area contributed by atoms with Crippen LogP contribution >= 0.6 is 0 Å². The van der Waals surface area contributed by atoms with Crippen molar-refractivity contribution in [2.45, 2.75) is 119 Å². The molecule has 7 rings (SSSR count). The van der Waals surface area contributed by atoms with Gasteiger partial charge in [-0.3, -0.25) is 4.79 Å². The number of amides is 1. The lowest BCUT2D eigenvalue weighted by Gasteiger charge is -2.71. The Morgan fingerprint density at radius 1 is 1.00 bits per heavy atom.